The number of imidazole rings is 1. The molecule has 0 unspecified atom stereocenters. The summed E-state index contributed by atoms with van der Waals surface area (Å²) in [5.41, 5.74) is 2.27. The zero-order chi connectivity index (χ0) is 14.3. The highest BCUT2D eigenvalue weighted by molar-refractivity contribution is 9.10. The molecule has 0 bridgehead atoms. The minimum Gasteiger partial charge on any atom is -0.497 e. The Balaban J connectivity index is 2.37. The van der Waals surface area contributed by atoms with Crippen molar-refractivity contribution >= 4 is 39.2 Å². The van der Waals surface area contributed by atoms with E-state index in [0.29, 0.717) is 16.0 Å². The standard InChI is InChI=1S/C14H10BrFN2OS/c1-19-9-3-4-10(15)12(7-9)18-13-6-8(16)2-5-11(13)17-14(18)20/h2-7H,1H3,(H,17,20). The van der Waals surface area contributed by atoms with Gasteiger partial charge in [0.1, 0.15) is 11.6 Å². The number of H-pyrrole nitrogens is 1. The van der Waals surface area contributed by atoms with Crippen LogP contribution in [-0.2, 0) is 0 Å². The molecule has 0 aliphatic heterocycles. The fourth-order valence-corrected chi connectivity index (χ4v) is 2.84. The first-order valence-corrected chi connectivity index (χ1v) is 7.04. The van der Waals surface area contributed by atoms with Crippen LogP contribution < -0.4 is 4.74 Å². The summed E-state index contributed by atoms with van der Waals surface area (Å²) in [4.78, 5) is 3.07. The summed E-state index contributed by atoms with van der Waals surface area (Å²) in [6.45, 7) is 0. The lowest BCUT2D eigenvalue weighted by Gasteiger charge is -2.09. The third-order valence-corrected chi connectivity index (χ3v) is 3.99. The molecule has 1 aromatic heterocycles. The molecule has 0 spiro atoms. The van der Waals surface area contributed by atoms with Crippen LogP contribution >= 0.6 is 28.1 Å². The minimum atomic E-state index is -0.306. The van der Waals surface area contributed by atoms with Crippen molar-refractivity contribution in [3.63, 3.8) is 0 Å². The molecule has 0 radical (unpaired) electrons. The van der Waals surface area contributed by atoms with Gasteiger partial charge in [0.15, 0.2) is 4.77 Å². The first-order valence-electron chi connectivity index (χ1n) is 5.84. The van der Waals surface area contributed by atoms with E-state index >= 15 is 0 Å². The van der Waals surface area contributed by atoms with Crippen LogP contribution in [0.25, 0.3) is 16.7 Å². The Morgan fingerprint density at radius 3 is 2.80 bits per heavy atom. The summed E-state index contributed by atoms with van der Waals surface area (Å²) >= 11 is 8.83. The SMILES string of the molecule is COc1ccc(Br)c(-n2c(=S)[nH]c3ccc(F)cc32)c1. The van der Waals surface area contributed by atoms with Crippen LogP contribution in [0.2, 0.25) is 0 Å². The molecule has 102 valence electrons. The van der Waals surface area contributed by atoms with E-state index in [9.17, 15) is 4.39 Å². The summed E-state index contributed by atoms with van der Waals surface area (Å²) < 4.78 is 21.8. The Morgan fingerprint density at radius 1 is 1.25 bits per heavy atom. The van der Waals surface area contributed by atoms with Gasteiger partial charge < -0.3 is 9.72 Å². The molecule has 0 atom stereocenters. The van der Waals surface area contributed by atoms with Gasteiger partial charge in [-0.3, -0.25) is 4.57 Å². The second kappa shape index (κ2) is 5.03. The average Bonchev–Trinajstić information content (AvgIpc) is 2.75. The van der Waals surface area contributed by atoms with Crippen molar-refractivity contribution in [2.75, 3.05) is 7.11 Å². The van der Waals surface area contributed by atoms with Crippen molar-refractivity contribution in [3.8, 4) is 11.4 Å². The Labute approximate surface area is 128 Å². The molecule has 0 amide bonds. The van der Waals surface area contributed by atoms with E-state index in [0.717, 1.165) is 15.7 Å². The Bertz CT molecular complexity index is 856. The van der Waals surface area contributed by atoms with Crippen molar-refractivity contribution in [2.24, 2.45) is 0 Å². The largest absolute Gasteiger partial charge is 0.497 e. The number of aromatic amines is 1. The highest BCUT2D eigenvalue weighted by atomic mass is 79.9. The van der Waals surface area contributed by atoms with Gasteiger partial charge in [0.05, 0.1) is 23.8 Å². The molecule has 20 heavy (non-hydrogen) atoms. The van der Waals surface area contributed by atoms with E-state index < -0.39 is 0 Å². The van der Waals surface area contributed by atoms with Crippen LogP contribution in [-0.4, -0.2) is 16.7 Å². The lowest BCUT2D eigenvalue weighted by atomic mass is 10.2. The number of benzene rings is 2. The van der Waals surface area contributed by atoms with Gasteiger partial charge in [-0.05, 0) is 52.4 Å². The highest BCUT2D eigenvalue weighted by Gasteiger charge is 2.11. The average molecular weight is 353 g/mol. The summed E-state index contributed by atoms with van der Waals surface area (Å²) in [6, 6.07) is 10.1. The molecule has 3 rings (SSSR count). The number of ether oxygens (including phenoxy) is 1. The Morgan fingerprint density at radius 2 is 2.05 bits per heavy atom. The number of aromatic nitrogens is 2. The third kappa shape index (κ3) is 2.14. The highest BCUT2D eigenvalue weighted by Crippen LogP contribution is 2.29. The number of fused-ring (bicyclic) bond motifs is 1. The van der Waals surface area contributed by atoms with E-state index in [4.69, 9.17) is 17.0 Å². The normalized spacial score (nSPS) is 10.9. The van der Waals surface area contributed by atoms with E-state index in [-0.39, 0.29) is 5.82 Å². The smallest absolute Gasteiger partial charge is 0.182 e. The maximum atomic E-state index is 13.5. The van der Waals surface area contributed by atoms with Crippen molar-refractivity contribution in [2.45, 2.75) is 0 Å². The van der Waals surface area contributed by atoms with Crippen LogP contribution in [0.1, 0.15) is 0 Å². The predicted molar refractivity (Wildman–Crippen MR) is 82.7 cm³/mol. The summed E-state index contributed by atoms with van der Waals surface area (Å²) in [6.07, 6.45) is 0. The van der Waals surface area contributed by atoms with Gasteiger partial charge in [0.2, 0.25) is 0 Å². The van der Waals surface area contributed by atoms with Crippen LogP contribution in [0.4, 0.5) is 4.39 Å². The molecule has 2 aromatic carbocycles. The monoisotopic (exact) mass is 352 g/mol. The first-order chi connectivity index (χ1) is 9.60. The number of halogens is 2. The molecule has 0 aliphatic carbocycles. The maximum Gasteiger partial charge on any atom is 0.182 e. The Kier molecular flexibility index (Phi) is 3.35. The van der Waals surface area contributed by atoms with Gasteiger partial charge in [-0.25, -0.2) is 4.39 Å². The topological polar surface area (TPSA) is 29.9 Å². The first kappa shape index (κ1) is 13.3. The van der Waals surface area contributed by atoms with E-state index in [1.165, 1.54) is 12.1 Å². The third-order valence-electron chi connectivity index (χ3n) is 3.04. The van der Waals surface area contributed by atoms with Crippen molar-refractivity contribution in [3.05, 3.63) is 51.5 Å². The molecule has 1 heterocycles. The number of hydrogen-bond donors (Lipinski definition) is 1. The molecule has 3 aromatic rings. The van der Waals surface area contributed by atoms with Crippen molar-refractivity contribution < 1.29 is 9.13 Å². The van der Waals surface area contributed by atoms with Crippen molar-refractivity contribution in [1.29, 1.82) is 0 Å². The molecular weight excluding hydrogens is 343 g/mol. The zero-order valence-corrected chi connectivity index (χ0v) is 12.9. The Hall–Kier alpha value is -1.66. The number of nitrogens with zero attached hydrogens (tertiary/aromatic N) is 1. The maximum absolute atomic E-state index is 13.5. The van der Waals surface area contributed by atoms with Gasteiger partial charge in [-0.2, -0.15) is 0 Å². The quantitative estimate of drug-likeness (QED) is 0.683. The molecule has 0 aliphatic rings. The lowest BCUT2D eigenvalue weighted by molar-refractivity contribution is 0.414. The minimum absolute atomic E-state index is 0.306. The van der Waals surface area contributed by atoms with Crippen LogP contribution in [0.3, 0.4) is 0 Å². The van der Waals surface area contributed by atoms with E-state index in [1.807, 2.05) is 18.2 Å². The molecular formula is C14H10BrFN2OS. The lowest BCUT2D eigenvalue weighted by Crippen LogP contribution is -1.96. The van der Waals surface area contributed by atoms with Gasteiger partial charge in [-0.1, -0.05) is 0 Å². The number of hydrogen-bond acceptors (Lipinski definition) is 2. The van der Waals surface area contributed by atoms with Gasteiger partial charge in [0.25, 0.3) is 0 Å². The fraction of sp³-hybridized carbons (Fsp3) is 0.0714. The van der Waals surface area contributed by atoms with Crippen LogP contribution in [0, 0.1) is 10.6 Å². The number of methoxy groups -OCH3 is 1. The van der Waals surface area contributed by atoms with Gasteiger partial charge in [0, 0.05) is 16.6 Å². The number of rotatable bonds is 2. The van der Waals surface area contributed by atoms with Crippen molar-refractivity contribution in [1.82, 2.24) is 9.55 Å². The number of nitrogens with one attached hydrogen (secondary N) is 1. The molecule has 6 heteroatoms. The van der Waals surface area contributed by atoms with Gasteiger partial charge >= 0.3 is 0 Å². The van der Waals surface area contributed by atoms with E-state index in [1.54, 1.807) is 17.7 Å². The van der Waals surface area contributed by atoms with Crippen LogP contribution in [0.15, 0.2) is 40.9 Å². The summed E-state index contributed by atoms with van der Waals surface area (Å²) in [5.74, 6) is 0.398. The second-order valence-electron chi connectivity index (χ2n) is 4.24. The van der Waals surface area contributed by atoms with E-state index in [2.05, 4.69) is 20.9 Å². The molecule has 1 N–H and O–H groups in total. The van der Waals surface area contributed by atoms with Crippen LogP contribution in [0.5, 0.6) is 5.75 Å². The van der Waals surface area contributed by atoms with Gasteiger partial charge in [-0.15, -0.1) is 0 Å². The molecule has 0 saturated carbocycles. The molecule has 3 nitrogen and oxygen atoms in total. The second-order valence-corrected chi connectivity index (χ2v) is 5.49. The molecule has 0 saturated heterocycles. The molecule has 0 fully saturated rings. The summed E-state index contributed by atoms with van der Waals surface area (Å²) in [7, 11) is 1.60. The predicted octanol–water partition coefficient (Wildman–Crippen LogP) is 4.60. The fourth-order valence-electron chi connectivity index (χ4n) is 2.11. The zero-order valence-electron chi connectivity index (χ0n) is 10.5. The summed E-state index contributed by atoms with van der Waals surface area (Å²) in [5, 5.41) is 0.